The van der Waals surface area contributed by atoms with Gasteiger partial charge in [-0.15, -0.1) is 0 Å². The van der Waals surface area contributed by atoms with E-state index in [1.54, 1.807) is 0 Å². The lowest BCUT2D eigenvalue weighted by Gasteiger charge is -2.08. The third-order valence-electron chi connectivity index (χ3n) is 1.82. The van der Waals surface area contributed by atoms with Crippen molar-refractivity contribution in [2.24, 2.45) is 0 Å². The quantitative estimate of drug-likeness (QED) is 0.645. The van der Waals surface area contributed by atoms with Gasteiger partial charge in [0.1, 0.15) is 0 Å². The Morgan fingerprint density at radius 2 is 2.08 bits per heavy atom. The molecule has 0 aromatic heterocycles. The maximum Gasteiger partial charge on any atom is 0.214 e. The molecule has 0 aromatic rings. The molecule has 0 amide bonds. The van der Waals surface area contributed by atoms with Crippen LogP contribution in [0, 0.1) is 0 Å². The van der Waals surface area contributed by atoms with Crippen LogP contribution in [0.1, 0.15) is 26.7 Å². The van der Waals surface area contributed by atoms with E-state index in [0.29, 0.717) is 13.2 Å². The van der Waals surface area contributed by atoms with Crippen LogP contribution in [-0.4, -0.2) is 32.9 Å². The molecule has 0 bridgehead atoms. The SMILES string of the molecule is CC(C)OCCNS(=O)(=O)C1CC1. The number of hydrogen-bond acceptors (Lipinski definition) is 3. The Balaban J connectivity index is 2.11. The Morgan fingerprint density at radius 3 is 2.54 bits per heavy atom. The van der Waals surface area contributed by atoms with Crippen molar-refractivity contribution in [2.75, 3.05) is 13.2 Å². The topological polar surface area (TPSA) is 55.4 Å². The van der Waals surface area contributed by atoms with E-state index in [9.17, 15) is 8.42 Å². The van der Waals surface area contributed by atoms with Crippen molar-refractivity contribution in [1.82, 2.24) is 4.72 Å². The second-order valence-electron chi connectivity index (χ2n) is 3.56. The minimum Gasteiger partial charge on any atom is -0.377 e. The average Bonchev–Trinajstić information content (AvgIpc) is 2.79. The highest BCUT2D eigenvalue weighted by atomic mass is 32.2. The van der Waals surface area contributed by atoms with Crippen molar-refractivity contribution >= 4 is 10.0 Å². The number of ether oxygens (including phenoxy) is 1. The standard InChI is InChI=1S/C8H17NO3S/c1-7(2)12-6-5-9-13(10,11)8-3-4-8/h7-9H,3-6H2,1-2H3. The summed E-state index contributed by atoms with van der Waals surface area (Å²) in [6, 6.07) is 0. The van der Waals surface area contributed by atoms with Gasteiger partial charge in [0.25, 0.3) is 0 Å². The molecular weight excluding hydrogens is 190 g/mol. The van der Waals surface area contributed by atoms with Gasteiger partial charge in [-0.25, -0.2) is 13.1 Å². The minimum absolute atomic E-state index is 0.133. The molecule has 0 aromatic carbocycles. The Bertz CT molecular complexity index is 244. The van der Waals surface area contributed by atoms with Crippen LogP contribution in [0.25, 0.3) is 0 Å². The van der Waals surface area contributed by atoms with Crippen molar-refractivity contribution in [2.45, 2.75) is 38.0 Å². The fourth-order valence-electron chi connectivity index (χ4n) is 0.975. The predicted molar refractivity (Wildman–Crippen MR) is 51.0 cm³/mol. The summed E-state index contributed by atoms with van der Waals surface area (Å²) in [5.74, 6) is 0. The molecular formula is C8H17NO3S. The molecule has 1 N–H and O–H groups in total. The van der Waals surface area contributed by atoms with Crippen molar-refractivity contribution in [3.63, 3.8) is 0 Å². The molecule has 0 spiro atoms. The van der Waals surface area contributed by atoms with E-state index >= 15 is 0 Å². The van der Waals surface area contributed by atoms with Gasteiger partial charge in [-0.1, -0.05) is 0 Å². The van der Waals surface area contributed by atoms with E-state index in [0.717, 1.165) is 12.8 Å². The number of hydrogen-bond donors (Lipinski definition) is 1. The normalized spacial score (nSPS) is 18.1. The zero-order chi connectivity index (χ0) is 9.90. The Morgan fingerprint density at radius 1 is 1.46 bits per heavy atom. The lowest BCUT2D eigenvalue weighted by atomic mass is 10.5. The van der Waals surface area contributed by atoms with Crippen molar-refractivity contribution in [3.05, 3.63) is 0 Å². The summed E-state index contributed by atoms with van der Waals surface area (Å²) in [6.07, 6.45) is 1.77. The molecule has 0 radical (unpaired) electrons. The molecule has 0 atom stereocenters. The van der Waals surface area contributed by atoms with E-state index in [-0.39, 0.29) is 11.4 Å². The van der Waals surface area contributed by atoms with Gasteiger partial charge in [0.2, 0.25) is 10.0 Å². The molecule has 78 valence electrons. The highest BCUT2D eigenvalue weighted by Crippen LogP contribution is 2.27. The highest BCUT2D eigenvalue weighted by molar-refractivity contribution is 7.90. The van der Waals surface area contributed by atoms with E-state index < -0.39 is 10.0 Å². The fraction of sp³-hybridized carbons (Fsp3) is 1.00. The van der Waals surface area contributed by atoms with Gasteiger partial charge in [-0.2, -0.15) is 0 Å². The molecule has 4 nitrogen and oxygen atoms in total. The van der Waals surface area contributed by atoms with Gasteiger partial charge in [-0.05, 0) is 26.7 Å². The van der Waals surface area contributed by atoms with E-state index in [2.05, 4.69) is 4.72 Å². The first-order valence-electron chi connectivity index (χ1n) is 4.62. The molecule has 0 unspecified atom stereocenters. The zero-order valence-corrected chi connectivity index (χ0v) is 8.93. The average molecular weight is 207 g/mol. The minimum atomic E-state index is -3.02. The Kier molecular flexibility index (Phi) is 3.70. The maximum atomic E-state index is 11.3. The van der Waals surface area contributed by atoms with Gasteiger partial charge < -0.3 is 4.74 Å². The number of sulfonamides is 1. The second-order valence-corrected chi connectivity index (χ2v) is 5.60. The van der Waals surface area contributed by atoms with Gasteiger partial charge >= 0.3 is 0 Å². The lowest BCUT2D eigenvalue weighted by molar-refractivity contribution is 0.0834. The number of nitrogens with one attached hydrogen (secondary N) is 1. The summed E-state index contributed by atoms with van der Waals surface area (Å²) < 4.78 is 30.3. The van der Waals surface area contributed by atoms with Crippen LogP contribution in [0.15, 0.2) is 0 Å². The zero-order valence-electron chi connectivity index (χ0n) is 8.12. The van der Waals surface area contributed by atoms with Crippen molar-refractivity contribution in [1.29, 1.82) is 0 Å². The summed E-state index contributed by atoms with van der Waals surface area (Å²) in [6.45, 7) is 4.69. The van der Waals surface area contributed by atoms with Gasteiger partial charge in [0.15, 0.2) is 0 Å². The lowest BCUT2D eigenvalue weighted by Crippen LogP contribution is -2.30. The first-order chi connectivity index (χ1) is 6.02. The summed E-state index contributed by atoms with van der Waals surface area (Å²) in [5.41, 5.74) is 0. The first kappa shape index (κ1) is 10.9. The molecule has 1 fully saturated rings. The summed E-state index contributed by atoms with van der Waals surface area (Å²) in [4.78, 5) is 0. The van der Waals surface area contributed by atoms with Crippen LogP contribution in [0.4, 0.5) is 0 Å². The fourth-order valence-corrected chi connectivity index (χ4v) is 2.33. The monoisotopic (exact) mass is 207 g/mol. The van der Waals surface area contributed by atoms with Crippen molar-refractivity contribution in [3.8, 4) is 0 Å². The van der Waals surface area contributed by atoms with Crippen LogP contribution in [0.2, 0.25) is 0 Å². The Hall–Kier alpha value is -0.130. The smallest absolute Gasteiger partial charge is 0.214 e. The summed E-state index contributed by atoms with van der Waals surface area (Å²) in [5, 5.41) is -0.133. The third kappa shape index (κ3) is 4.06. The van der Waals surface area contributed by atoms with E-state index in [1.807, 2.05) is 13.8 Å². The molecule has 0 saturated heterocycles. The van der Waals surface area contributed by atoms with Crippen LogP contribution in [-0.2, 0) is 14.8 Å². The van der Waals surface area contributed by atoms with Crippen LogP contribution >= 0.6 is 0 Å². The van der Waals surface area contributed by atoms with Crippen LogP contribution in [0.5, 0.6) is 0 Å². The van der Waals surface area contributed by atoms with E-state index in [1.165, 1.54) is 0 Å². The van der Waals surface area contributed by atoms with Crippen molar-refractivity contribution < 1.29 is 13.2 Å². The number of rotatable bonds is 6. The Labute approximate surface area is 79.7 Å². The predicted octanol–water partition coefficient (Wildman–Crippen LogP) is 0.493. The van der Waals surface area contributed by atoms with Gasteiger partial charge in [0.05, 0.1) is 18.0 Å². The van der Waals surface area contributed by atoms with Gasteiger partial charge in [-0.3, -0.25) is 0 Å². The largest absolute Gasteiger partial charge is 0.377 e. The molecule has 1 aliphatic carbocycles. The first-order valence-corrected chi connectivity index (χ1v) is 6.17. The van der Waals surface area contributed by atoms with Crippen LogP contribution < -0.4 is 4.72 Å². The summed E-state index contributed by atoms with van der Waals surface area (Å²) in [7, 11) is -3.02. The van der Waals surface area contributed by atoms with Gasteiger partial charge in [0, 0.05) is 6.54 Å². The van der Waals surface area contributed by atoms with Crippen LogP contribution in [0.3, 0.4) is 0 Å². The third-order valence-corrected chi connectivity index (χ3v) is 3.78. The molecule has 5 heteroatoms. The van der Waals surface area contributed by atoms with E-state index in [4.69, 9.17) is 4.74 Å². The molecule has 0 heterocycles. The molecule has 1 aliphatic rings. The molecule has 1 saturated carbocycles. The summed E-state index contributed by atoms with van der Waals surface area (Å²) >= 11 is 0. The molecule has 0 aliphatic heterocycles. The molecule has 13 heavy (non-hydrogen) atoms. The second kappa shape index (κ2) is 4.39. The highest BCUT2D eigenvalue weighted by Gasteiger charge is 2.35. The maximum absolute atomic E-state index is 11.3. The molecule has 1 rings (SSSR count).